The van der Waals surface area contributed by atoms with Crippen LogP contribution in [0.5, 0.6) is 5.75 Å². The van der Waals surface area contributed by atoms with Gasteiger partial charge in [0.25, 0.3) is 0 Å². The van der Waals surface area contributed by atoms with Crippen LogP contribution in [0.3, 0.4) is 0 Å². The molecular weight excluding hydrogens is 567 g/mol. The van der Waals surface area contributed by atoms with E-state index in [2.05, 4.69) is 15.9 Å². The Morgan fingerprint density at radius 3 is 2.30 bits per heavy atom. The first-order chi connectivity index (χ1) is 15.0. The number of rotatable bonds is 6. The summed E-state index contributed by atoms with van der Waals surface area (Å²) in [4.78, 5) is 28.7. The highest BCUT2D eigenvalue weighted by atomic mass is 79.9. The van der Waals surface area contributed by atoms with Crippen molar-refractivity contribution in [1.29, 1.82) is 0 Å². The second kappa shape index (κ2) is 8.58. The van der Waals surface area contributed by atoms with Crippen molar-refractivity contribution >= 4 is 50.9 Å². The fourth-order valence-corrected chi connectivity index (χ4v) is 5.69. The first-order valence-electron chi connectivity index (χ1n) is 8.52. The molecule has 0 saturated carbocycles. The molecular formula is C18H11BrF6NO5PS. The van der Waals surface area contributed by atoms with Crippen molar-refractivity contribution in [2.75, 3.05) is 0 Å². The SMILES string of the molecule is NC(=O)c1cc(OCc2ccc(C(F)(F)F)cc2F)c2sc(C(F)(F)P(=O)(O)O)c(Br)c2c1. The molecule has 15 heteroatoms. The second-order valence-electron chi connectivity index (χ2n) is 6.64. The average molecular weight is 578 g/mol. The third-order valence-corrected chi connectivity index (χ3v) is 7.86. The number of halogens is 7. The van der Waals surface area contributed by atoms with Gasteiger partial charge in [-0.25, -0.2) is 4.39 Å². The van der Waals surface area contributed by atoms with Crippen LogP contribution >= 0.6 is 34.9 Å². The highest BCUT2D eigenvalue weighted by Gasteiger charge is 2.53. The molecule has 4 N–H and O–H groups in total. The Bertz CT molecular complexity index is 1310. The minimum Gasteiger partial charge on any atom is -0.487 e. The molecule has 0 aliphatic heterocycles. The Kier molecular flexibility index (Phi) is 6.63. The highest BCUT2D eigenvalue weighted by Crippen LogP contribution is 2.63. The quantitative estimate of drug-likeness (QED) is 0.256. The molecule has 1 heterocycles. The molecule has 0 aliphatic carbocycles. The van der Waals surface area contributed by atoms with E-state index in [9.17, 15) is 35.7 Å². The largest absolute Gasteiger partial charge is 0.487 e. The molecule has 3 aromatic rings. The number of hydrogen-bond donors (Lipinski definition) is 3. The summed E-state index contributed by atoms with van der Waals surface area (Å²) >= 11 is 3.09. The van der Waals surface area contributed by atoms with Gasteiger partial charge in [0.1, 0.15) is 23.1 Å². The fraction of sp³-hybridized carbons (Fsp3) is 0.167. The molecule has 0 unspecified atom stereocenters. The lowest BCUT2D eigenvalue weighted by atomic mass is 10.1. The molecule has 0 spiro atoms. The standard InChI is InChI=1S/C18H11BrF6NO5PS/c19-13-10-3-8(16(26)27)4-12(14(10)33-15(13)18(24,25)32(28,29)30)31-6-7-1-2-9(5-11(7)20)17(21,22)23/h1-5H,6H2,(H2,26,27)(H2,28,29,30). The summed E-state index contributed by atoms with van der Waals surface area (Å²) in [5.74, 6) is -2.52. The van der Waals surface area contributed by atoms with Gasteiger partial charge in [0.05, 0.1) is 10.3 Å². The van der Waals surface area contributed by atoms with Crippen LogP contribution < -0.4 is 10.5 Å². The molecule has 178 valence electrons. The van der Waals surface area contributed by atoms with Crippen molar-refractivity contribution in [2.45, 2.75) is 18.4 Å². The summed E-state index contributed by atoms with van der Waals surface area (Å²) in [6, 6.07) is 3.83. The number of nitrogens with two attached hydrogens (primary N) is 1. The molecule has 3 rings (SSSR count). The number of hydrogen-bond acceptors (Lipinski definition) is 4. The lowest BCUT2D eigenvalue weighted by molar-refractivity contribution is -0.137. The van der Waals surface area contributed by atoms with Gasteiger partial charge in [-0.2, -0.15) is 22.0 Å². The number of carbonyl (C=O) groups excluding carboxylic acids is 1. The van der Waals surface area contributed by atoms with Crippen molar-refractivity contribution in [2.24, 2.45) is 5.73 Å². The van der Waals surface area contributed by atoms with E-state index in [0.717, 1.165) is 18.2 Å². The molecule has 0 bridgehead atoms. The zero-order valence-corrected chi connectivity index (χ0v) is 19.1. The first-order valence-corrected chi connectivity index (χ1v) is 11.7. The molecule has 0 saturated heterocycles. The maximum Gasteiger partial charge on any atom is 0.416 e. The van der Waals surface area contributed by atoms with Crippen LogP contribution in [0.1, 0.15) is 26.4 Å². The summed E-state index contributed by atoms with van der Waals surface area (Å²) in [5, 5.41) is -0.0951. The lowest BCUT2D eigenvalue weighted by Crippen LogP contribution is -2.12. The Balaban J connectivity index is 2.08. The smallest absolute Gasteiger partial charge is 0.416 e. The summed E-state index contributed by atoms with van der Waals surface area (Å²) in [6.07, 6.45) is -4.77. The summed E-state index contributed by atoms with van der Waals surface area (Å²) < 4.78 is 97.1. The number of carbonyl (C=O) groups is 1. The van der Waals surface area contributed by atoms with Crippen LogP contribution in [-0.4, -0.2) is 15.7 Å². The van der Waals surface area contributed by atoms with E-state index in [0.29, 0.717) is 6.07 Å². The second-order valence-corrected chi connectivity index (χ2v) is 10.1. The third-order valence-electron chi connectivity index (χ3n) is 4.38. The van der Waals surface area contributed by atoms with Gasteiger partial charge < -0.3 is 20.3 Å². The average Bonchev–Trinajstić information content (AvgIpc) is 3.02. The van der Waals surface area contributed by atoms with Gasteiger partial charge in [0.2, 0.25) is 5.91 Å². The van der Waals surface area contributed by atoms with Crippen LogP contribution in [0.2, 0.25) is 0 Å². The molecule has 0 fully saturated rings. The van der Waals surface area contributed by atoms with Crippen molar-refractivity contribution in [3.05, 3.63) is 62.2 Å². The number of fused-ring (bicyclic) bond motifs is 1. The Hall–Kier alpha value is -2.12. The van der Waals surface area contributed by atoms with Crippen LogP contribution in [0.15, 0.2) is 34.8 Å². The monoisotopic (exact) mass is 577 g/mol. The van der Waals surface area contributed by atoms with E-state index >= 15 is 0 Å². The van der Waals surface area contributed by atoms with Crippen molar-refractivity contribution in [1.82, 2.24) is 0 Å². The highest BCUT2D eigenvalue weighted by molar-refractivity contribution is 9.10. The maximum atomic E-state index is 14.3. The number of amides is 1. The predicted molar refractivity (Wildman–Crippen MR) is 110 cm³/mol. The van der Waals surface area contributed by atoms with Gasteiger partial charge in [0, 0.05) is 21.0 Å². The van der Waals surface area contributed by atoms with E-state index in [4.69, 9.17) is 20.3 Å². The molecule has 2 aromatic carbocycles. The summed E-state index contributed by atoms with van der Waals surface area (Å²) in [5.41, 5.74) is -1.12. The van der Waals surface area contributed by atoms with E-state index in [1.54, 1.807) is 0 Å². The van der Waals surface area contributed by atoms with E-state index in [1.165, 1.54) is 0 Å². The van der Waals surface area contributed by atoms with Crippen molar-refractivity contribution in [3.63, 3.8) is 0 Å². The van der Waals surface area contributed by atoms with Gasteiger partial charge in [-0.05, 0) is 40.2 Å². The number of primary amides is 1. The van der Waals surface area contributed by atoms with Crippen LogP contribution in [-0.2, 0) is 23.0 Å². The van der Waals surface area contributed by atoms with E-state index in [-0.39, 0.29) is 44.4 Å². The zero-order valence-electron chi connectivity index (χ0n) is 15.8. The number of benzene rings is 2. The van der Waals surface area contributed by atoms with Crippen molar-refractivity contribution in [3.8, 4) is 5.75 Å². The summed E-state index contributed by atoms with van der Waals surface area (Å²) in [6.45, 7) is -0.652. The number of alkyl halides is 5. The summed E-state index contributed by atoms with van der Waals surface area (Å²) in [7, 11) is -5.93. The van der Waals surface area contributed by atoms with E-state index in [1.807, 2.05) is 0 Å². The van der Waals surface area contributed by atoms with Crippen LogP contribution in [0, 0.1) is 5.82 Å². The third kappa shape index (κ3) is 4.90. The molecule has 6 nitrogen and oxygen atoms in total. The van der Waals surface area contributed by atoms with Gasteiger partial charge >= 0.3 is 19.4 Å². The van der Waals surface area contributed by atoms with E-state index < -0.39 is 52.7 Å². The Labute approximate surface area is 193 Å². The minimum atomic E-state index is -5.93. The normalized spacial score (nSPS) is 12.9. The van der Waals surface area contributed by atoms with Crippen LogP contribution in [0.4, 0.5) is 26.3 Å². The Morgan fingerprint density at radius 1 is 1.15 bits per heavy atom. The molecule has 33 heavy (non-hydrogen) atoms. The Morgan fingerprint density at radius 2 is 1.79 bits per heavy atom. The van der Waals surface area contributed by atoms with Crippen LogP contribution in [0.25, 0.3) is 10.1 Å². The zero-order chi connectivity index (χ0) is 24.9. The molecule has 1 aromatic heterocycles. The number of thiophene rings is 1. The maximum absolute atomic E-state index is 14.3. The van der Waals surface area contributed by atoms with Gasteiger partial charge in [-0.1, -0.05) is 6.07 Å². The first kappa shape index (κ1) is 25.5. The minimum absolute atomic E-state index is 0.0951. The molecule has 0 atom stereocenters. The van der Waals surface area contributed by atoms with Gasteiger partial charge in [-0.3, -0.25) is 9.36 Å². The molecule has 0 radical (unpaired) electrons. The van der Waals surface area contributed by atoms with Gasteiger partial charge in [0.15, 0.2) is 0 Å². The fourth-order valence-electron chi connectivity index (χ4n) is 2.71. The topological polar surface area (TPSA) is 110 Å². The number of ether oxygens (including phenoxy) is 1. The lowest BCUT2D eigenvalue weighted by Gasteiger charge is -2.16. The van der Waals surface area contributed by atoms with Gasteiger partial charge in [-0.15, -0.1) is 11.3 Å². The van der Waals surface area contributed by atoms with Crippen molar-refractivity contribution < 1.29 is 50.2 Å². The predicted octanol–water partition coefficient (Wildman–Crippen LogP) is 5.73. The molecule has 1 amide bonds. The molecule has 0 aliphatic rings.